The Bertz CT molecular complexity index is 671. The molecular formula is C14H15N5O. The fourth-order valence-electron chi connectivity index (χ4n) is 2.43. The second kappa shape index (κ2) is 5.29. The smallest absolute Gasteiger partial charge is 0.223 e. The maximum absolute atomic E-state index is 9.24. The summed E-state index contributed by atoms with van der Waals surface area (Å²) < 4.78 is 4.91. The Balaban J connectivity index is 1.83. The van der Waals surface area contributed by atoms with Gasteiger partial charge in [-0.1, -0.05) is 5.16 Å². The van der Waals surface area contributed by atoms with Gasteiger partial charge in [0.2, 0.25) is 5.89 Å². The highest BCUT2D eigenvalue weighted by atomic mass is 16.5. The van der Waals surface area contributed by atoms with Crippen molar-refractivity contribution in [3.8, 4) is 6.07 Å². The van der Waals surface area contributed by atoms with Crippen molar-refractivity contribution in [1.82, 2.24) is 15.1 Å². The van der Waals surface area contributed by atoms with Crippen molar-refractivity contribution in [2.24, 2.45) is 0 Å². The topological polar surface area (TPSA) is 87.6 Å². The third kappa shape index (κ3) is 2.48. The maximum Gasteiger partial charge on any atom is 0.223 e. The number of nitrogens with one attached hydrogen (secondary N) is 1. The molecule has 0 atom stereocenters. The first-order valence-corrected chi connectivity index (χ1v) is 6.72. The highest BCUT2D eigenvalue weighted by Gasteiger charge is 2.15. The van der Waals surface area contributed by atoms with Gasteiger partial charge in [0.05, 0.1) is 12.1 Å². The number of hydrogen-bond acceptors (Lipinski definition) is 6. The van der Waals surface area contributed by atoms with E-state index in [0.29, 0.717) is 29.6 Å². The fraction of sp³-hybridized carbons (Fsp3) is 0.429. The summed E-state index contributed by atoms with van der Waals surface area (Å²) in [5.41, 5.74) is 2.88. The van der Waals surface area contributed by atoms with Crippen molar-refractivity contribution in [2.75, 3.05) is 5.32 Å². The van der Waals surface area contributed by atoms with Crippen LogP contribution in [0.15, 0.2) is 10.6 Å². The average molecular weight is 269 g/mol. The molecule has 1 N–H and O–H groups in total. The lowest BCUT2D eigenvalue weighted by Crippen LogP contribution is -2.11. The van der Waals surface area contributed by atoms with Crippen molar-refractivity contribution >= 4 is 5.82 Å². The first kappa shape index (κ1) is 12.6. The Labute approximate surface area is 116 Å². The molecule has 0 saturated heterocycles. The van der Waals surface area contributed by atoms with Gasteiger partial charge in [-0.05, 0) is 37.3 Å². The summed E-state index contributed by atoms with van der Waals surface area (Å²) in [6.45, 7) is 2.15. The predicted octanol–water partition coefficient (Wildman–Crippen LogP) is 2.14. The molecule has 1 aliphatic rings. The highest BCUT2D eigenvalue weighted by Crippen LogP contribution is 2.24. The van der Waals surface area contributed by atoms with E-state index in [1.807, 2.05) is 6.07 Å². The molecule has 20 heavy (non-hydrogen) atoms. The molecule has 0 aliphatic heterocycles. The standard InChI is InChI=1S/C14H15N5O/c1-9-17-13(19-20-9)8-16-14-11(7-15)6-10-4-2-3-5-12(10)18-14/h6H,2-5,8H2,1H3,(H,16,18). The Hall–Kier alpha value is -2.42. The van der Waals surface area contributed by atoms with Gasteiger partial charge >= 0.3 is 0 Å². The molecule has 0 aromatic carbocycles. The summed E-state index contributed by atoms with van der Waals surface area (Å²) in [5, 5.41) is 16.2. The Morgan fingerprint density at radius 1 is 1.35 bits per heavy atom. The fourth-order valence-corrected chi connectivity index (χ4v) is 2.43. The van der Waals surface area contributed by atoms with Crippen LogP contribution in [0.25, 0.3) is 0 Å². The van der Waals surface area contributed by atoms with Crippen molar-refractivity contribution < 1.29 is 4.52 Å². The number of aryl methyl sites for hydroxylation is 3. The van der Waals surface area contributed by atoms with Crippen molar-refractivity contribution in [3.63, 3.8) is 0 Å². The van der Waals surface area contributed by atoms with Crippen molar-refractivity contribution in [2.45, 2.75) is 39.2 Å². The van der Waals surface area contributed by atoms with Gasteiger partial charge in [-0.15, -0.1) is 0 Å². The first-order chi connectivity index (χ1) is 9.76. The average Bonchev–Trinajstić information content (AvgIpc) is 2.89. The molecule has 2 aromatic heterocycles. The van der Waals surface area contributed by atoms with Gasteiger partial charge in [-0.2, -0.15) is 10.2 Å². The normalized spacial score (nSPS) is 13.6. The number of nitrogens with zero attached hydrogens (tertiary/aromatic N) is 4. The van der Waals surface area contributed by atoms with Crippen LogP contribution in [0.4, 0.5) is 5.82 Å². The molecule has 6 nitrogen and oxygen atoms in total. The molecule has 1 aliphatic carbocycles. The number of nitriles is 1. The van der Waals surface area contributed by atoms with Gasteiger partial charge in [0, 0.05) is 12.6 Å². The summed E-state index contributed by atoms with van der Waals surface area (Å²) in [4.78, 5) is 8.70. The van der Waals surface area contributed by atoms with E-state index in [2.05, 4.69) is 26.5 Å². The molecule has 0 fully saturated rings. The molecule has 2 aromatic rings. The zero-order chi connectivity index (χ0) is 13.9. The van der Waals surface area contributed by atoms with Crippen LogP contribution in [0.3, 0.4) is 0 Å². The summed E-state index contributed by atoms with van der Waals surface area (Å²) in [7, 11) is 0. The molecule has 0 bridgehead atoms. The minimum absolute atomic E-state index is 0.401. The molecule has 102 valence electrons. The van der Waals surface area contributed by atoms with E-state index in [9.17, 15) is 5.26 Å². The van der Waals surface area contributed by atoms with E-state index in [-0.39, 0.29) is 0 Å². The van der Waals surface area contributed by atoms with Crippen LogP contribution in [0.5, 0.6) is 0 Å². The quantitative estimate of drug-likeness (QED) is 0.918. The summed E-state index contributed by atoms with van der Waals surface area (Å²) in [5.74, 6) is 1.70. The molecule has 0 amide bonds. The Kier molecular flexibility index (Phi) is 3.33. The second-order valence-electron chi connectivity index (χ2n) is 4.89. The van der Waals surface area contributed by atoms with Crippen LogP contribution in [0.1, 0.15) is 41.4 Å². The van der Waals surface area contributed by atoms with E-state index in [0.717, 1.165) is 25.0 Å². The Morgan fingerprint density at radius 2 is 2.20 bits per heavy atom. The molecule has 3 rings (SSSR count). The lowest BCUT2D eigenvalue weighted by atomic mass is 9.95. The van der Waals surface area contributed by atoms with Gasteiger partial charge in [-0.25, -0.2) is 4.98 Å². The number of pyridine rings is 1. The van der Waals surface area contributed by atoms with Crippen LogP contribution >= 0.6 is 0 Å². The van der Waals surface area contributed by atoms with Crippen LogP contribution < -0.4 is 5.32 Å². The molecule has 0 saturated carbocycles. The van der Waals surface area contributed by atoms with Crippen LogP contribution in [-0.2, 0) is 19.4 Å². The molecule has 2 heterocycles. The number of aromatic nitrogens is 3. The number of fused-ring (bicyclic) bond motifs is 1. The monoisotopic (exact) mass is 269 g/mol. The maximum atomic E-state index is 9.24. The number of anilines is 1. The van der Waals surface area contributed by atoms with E-state index in [1.54, 1.807) is 6.92 Å². The minimum atomic E-state index is 0.401. The largest absolute Gasteiger partial charge is 0.362 e. The van der Waals surface area contributed by atoms with Gasteiger partial charge < -0.3 is 9.84 Å². The highest BCUT2D eigenvalue weighted by molar-refractivity contribution is 5.54. The lowest BCUT2D eigenvalue weighted by molar-refractivity contribution is 0.388. The summed E-state index contributed by atoms with van der Waals surface area (Å²) in [6.07, 6.45) is 4.34. The minimum Gasteiger partial charge on any atom is -0.362 e. The van der Waals surface area contributed by atoms with Crippen LogP contribution in [-0.4, -0.2) is 15.1 Å². The third-order valence-electron chi connectivity index (χ3n) is 3.40. The van der Waals surface area contributed by atoms with Gasteiger partial charge in [-0.3, -0.25) is 0 Å². The zero-order valence-corrected chi connectivity index (χ0v) is 11.3. The first-order valence-electron chi connectivity index (χ1n) is 6.72. The van der Waals surface area contributed by atoms with Crippen molar-refractivity contribution in [1.29, 1.82) is 5.26 Å². The second-order valence-corrected chi connectivity index (χ2v) is 4.89. The SMILES string of the molecule is Cc1nc(CNc2nc3c(cc2C#N)CCCC3)no1. The molecular weight excluding hydrogens is 254 g/mol. The van der Waals surface area contributed by atoms with E-state index >= 15 is 0 Å². The van der Waals surface area contributed by atoms with Gasteiger partial charge in [0.25, 0.3) is 0 Å². The van der Waals surface area contributed by atoms with Crippen LogP contribution in [0, 0.1) is 18.3 Å². The zero-order valence-electron chi connectivity index (χ0n) is 11.3. The molecule has 0 unspecified atom stereocenters. The predicted molar refractivity (Wildman–Crippen MR) is 72.0 cm³/mol. The van der Waals surface area contributed by atoms with Gasteiger partial charge in [0.15, 0.2) is 5.82 Å². The number of hydrogen-bond donors (Lipinski definition) is 1. The molecule has 6 heteroatoms. The van der Waals surface area contributed by atoms with Gasteiger partial charge in [0.1, 0.15) is 11.9 Å². The van der Waals surface area contributed by atoms with Crippen LogP contribution in [0.2, 0.25) is 0 Å². The third-order valence-corrected chi connectivity index (χ3v) is 3.40. The van der Waals surface area contributed by atoms with Crippen molar-refractivity contribution in [3.05, 3.63) is 34.6 Å². The molecule has 0 radical (unpaired) electrons. The summed E-state index contributed by atoms with van der Waals surface area (Å²) >= 11 is 0. The molecule has 0 spiro atoms. The Morgan fingerprint density at radius 3 is 2.95 bits per heavy atom. The number of rotatable bonds is 3. The van der Waals surface area contributed by atoms with E-state index < -0.39 is 0 Å². The van der Waals surface area contributed by atoms with E-state index in [1.165, 1.54) is 12.0 Å². The summed E-state index contributed by atoms with van der Waals surface area (Å²) in [6, 6.07) is 4.15. The lowest BCUT2D eigenvalue weighted by Gasteiger charge is -2.16. The van der Waals surface area contributed by atoms with E-state index in [4.69, 9.17) is 4.52 Å².